The zero-order valence-corrected chi connectivity index (χ0v) is 15.8. The van der Waals surface area contributed by atoms with Crippen LogP contribution in [0, 0.1) is 0 Å². The molecule has 2 rings (SSSR count). The van der Waals surface area contributed by atoms with Crippen molar-refractivity contribution in [1.82, 2.24) is 5.06 Å². The summed E-state index contributed by atoms with van der Waals surface area (Å²) in [5.41, 5.74) is 2.01. The second-order valence-corrected chi connectivity index (χ2v) is 6.55. The summed E-state index contributed by atoms with van der Waals surface area (Å²) in [6.45, 7) is 3.43. The van der Waals surface area contributed by atoms with Gasteiger partial charge in [-0.3, -0.25) is 0 Å². The van der Waals surface area contributed by atoms with Crippen LogP contribution in [-0.2, 0) is 19.2 Å². The highest BCUT2D eigenvalue weighted by Gasteiger charge is 2.16. The van der Waals surface area contributed by atoms with Crippen molar-refractivity contribution in [3.05, 3.63) is 42.0 Å². The van der Waals surface area contributed by atoms with Crippen LogP contribution in [0.15, 0.2) is 36.4 Å². The van der Waals surface area contributed by atoms with Crippen LogP contribution in [-0.4, -0.2) is 44.2 Å². The lowest BCUT2D eigenvalue weighted by Crippen LogP contribution is -2.31. The number of carbonyl (C=O) groups is 2. The summed E-state index contributed by atoms with van der Waals surface area (Å²) in [4.78, 5) is 31.0. The summed E-state index contributed by atoms with van der Waals surface area (Å²) in [6.07, 6.45) is 5.75. The van der Waals surface area contributed by atoms with Crippen LogP contribution in [0.1, 0.15) is 44.3 Å². The summed E-state index contributed by atoms with van der Waals surface area (Å²) in [7, 11) is 3.94. The van der Waals surface area contributed by atoms with Gasteiger partial charge >= 0.3 is 11.9 Å². The summed E-state index contributed by atoms with van der Waals surface area (Å²) in [5.74, 6) is -1.10. The SMILES string of the molecule is CCC(OC(=O)/C=C/C(=O)ON1CCCCC1)c1ccc(N(C)C)cc1. The Labute approximate surface area is 155 Å². The van der Waals surface area contributed by atoms with Crippen LogP contribution in [0.3, 0.4) is 0 Å². The number of ether oxygens (including phenoxy) is 1. The first kappa shape index (κ1) is 20.0. The zero-order valence-electron chi connectivity index (χ0n) is 15.8. The van der Waals surface area contributed by atoms with Crippen molar-refractivity contribution in [1.29, 1.82) is 0 Å². The Hall–Kier alpha value is -2.34. The fourth-order valence-corrected chi connectivity index (χ4v) is 2.80. The maximum absolute atomic E-state index is 12.0. The smallest absolute Gasteiger partial charge is 0.349 e. The highest BCUT2D eigenvalue weighted by Crippen LogP contribution is 2.23. The highest BCUT2D eigenvalue weighted by atomic mass is 16.7. The quantitative estimate of drug-likeness (QED) is 0.549. The van der Waals surface area contributed by atoms with E-state index in [-0.39, 0.29) is 6.10 Å². The van der Waals surface area contributed by atoms with E-state index in [2.05, 4.69) is 0 Å². The summed E-state index contributed by atoms with van der Waals surface area (Å²) < 4.78 is 5.47. The third kappa shape index (κ3) is 6.19. The monoisotopic (exact) mass is 360 g/mol. The van der Waals surface area contributed by atoms with Crippen LogP contribution in [0.2, 0.25) is 0 Å². The fraction of sp³-hybridized carbons (Fsp3) is 0.500. The van der Waals surface area contributed by atoms with Gasteiger partial charge in [-0.25, -0.2) is 9.59 Å². The molecule has 1 unspecified atom stereocenters. The number of esters is 1. The van der Waals surface area contributed by atoms with Crippen molar-refractivity contribution in [2.45, 2.75) is 38.7 Å². The molecule has 0 radical (unpaired) electrons. The van der Waals surface area contributed by atoms with Crippen LogP contribution < -0.4 is 4.90 Å². The van der Waals surface area contributed by atoms with Gasteiger partial charge in [0.2, 0.25) is 0 Å². The number of hydrogen-bond donors (Lipinski definition) is 0. The first-order valence-corrected chi connectivity index (χ1v) is 9.12. The molecule has 0 saturated carbocycles. The van der Waals surface area contributed by atoms with E-state index >= 15 is 0 Å². The standard InChI is InChI=1S/C20H28N2O4/c1-4-18(16-8-10-17(11-9-16)21(2)3)25-19(23)12-13-20(24)26-22-14-6-5-7-15-22/h8-13,18H,4-7,14-15H2,1-3H3/b13-12+. The minimum atomic E-state index is -0.552. The molecule has 0 amide bonds. The van der Waals surface area contributed by atoms with Crippen molar-refractivity contribution in [2.24, 2.45) is 0 Å². The molecule has 1 saturated heterocycles. The molecule has 0 N–H and O–H groups in total. The molecule has 1 atom stereocenters. The number of benzene rings is 1. The van der Waals surface area contributed by atoms with E-state index in [0.29, 0.717) is 6.42 Å². The van der Waals surface area contributed by atoms with Crippen LogP contribution in [0.25, 0.3) is 0 Å². The minimum Gasteiger partial charge on any atom is -0.454 e. The molecule has 6 nitrogen and oxygen atoms in total. The Morgan fingerprint density at radius 1 is 1.08 bits per heavy atom. The highest BCUT2D eigenvalue weighted by molar-refractivity contribution is 5.91. The Balaban J connectivity index is 1.86. The molecule has 1 aliphatic heterocycles. The average Bonchev–Trinajstić information content (AvgIpc) is 2.65. The number of hydroxylamine groups is 2. The molecule has 0 aromatic heterocycles. The first-order chi connectivity index (χ1) is 12.5. The van der Waals surface area contributed by atoms with Crippen LogP contribution >= 0.6 is 0 Å². The van der Waals surface area contributed by atoms with E-state index in [1.165, 1.54) is 0 Å². The number of anilines is 1. The molecular weight excluding hydrogens is 332 g/mol. The second-order valence-electron chi connectivity index (χ2n) is 6.55. The molecule has 142 valence electrons. The van der Waals surface area contributed by atoms with Gasteiger partial charge in [-0.15, -0.1) is 5.06 Å². The van der Waals surface area contributed by atoms with Gasteiger partial charge < -0.3 is 14.5 Å². The van der Waals surface area contributed by atoms with Gasteiger partial charge in [0.05, 0.1) is 0 Å². The lowest BCUT2D eigenvalue weighted by molar-refractivity contribution is -0.188. The van der Waals surface area contributed by atoms with Crippen LogP contribution in [0.4, 0.5) is 5.69 Å². The molecule has 0 aliphatic carbocycles. The molecule has 1 aliphatic rings. The van der Waals surface area contributed by atoms with E-state index in [1.54, 1.807) is 5.06 Å². The molecule has 1 fully saturated rings. The van der Waals surface area contributed by atoms with Crippen molar-refractivity contribution in [3.8, 4) is 0 Å². The van der Waals surface area contributed by atoms with Gasteiger partial charge in [0.15, 0.2) is 0 Å². The Morgan fingerprint density at radius 3 is 2.27 bits per heavy atom. The van der Waals surface area contributed by atoms with Gasteiger partial charge in [0.1, 0.15) is 6.10 Å². The third-order valence-corrected chi connectivity index (χ3v) is 4.30. The average molecular weight is 360 g/mol. The summed E-state index contributed by atoms with van der Waals surface area (Å²) in [6, 6.07) is 7.87. The summed E-state index contributed by atoms with van der Waals surface area (Å²) >= 11 is 0. The maximum Gasteiger partial charge on any atom is 0.349 e. The van der Waals surface area contributed by atoms with E-state index in [1.807, 2.05) is 50.2 Å². The van der Waals surface area contributed by atoms with E-state index in [4.69, 9.17) is 9.57 Å². The Morgan fingerprint density at radius 2 is 1.69 bits per heavy atom. The molecule has 6 heteroatoms. The van der Waals surface area contributed by atoms with Gasteiger partial charge in [-0.05, 0) is 37.0 Å². The largest absolute Gasteiger partial charge is 0.454 e. The van der Waals surface area contributed by atoms with Gasteiger partial charge in [0.25, 0.3) is 0 Å². The molecule has 1 aromatic rings. The predicted octanol–water partition coefficient (Wildman–Crippen LogP) is 3.25. The van der Waals surface area contributed by atoms with Crippen molar-refractivity contribution >= 4 is 17.6 Å². The fourth-order valence-electron chi connectivity index (χ4n) is 2.80. The number of piperidine rings is 1. The number of rotatable bonds is 7. The third-order valence-electron chi connectivity index (χ3n) is 4.30. The molecule has 26 heavy (non-hydrogen) atoms. The lowest BCUT2D eigenvalue weighted by Gasteiger charge is -2.24. The van der Waals surface area contributed by atoms with E-state index < -0.39 is 11.9 Å². The minimum absolute atomic E-state index is 0.346. The summed E-state index contributed by atoms with van der Waals surface area (Å²) in [5, 5.41) is 1.64. The number of carbonyl (C=O) groups excluding carboxylic acids is 2. The van der Waals surface area contributed by atoms with Crippen molar-refractivity contribution in [2.75, 3.05) is 32.1 Å². The zero-order chi connectivity index (χ0) is 18.9. The number of nitrogens with zero attached hydrogens (tertiary/aromatic N) is 2. The van der Waals surface area contributed by atoms with E-state index in [9.17, 15) is 9.59 Å². The molecule has 0 spiro atoms. The second kappa shape index (κ2) is 9.97. The van der Waals surface area contributed by atoms with Crippen LogP contribution in [0.5, 0.6) is 0 Å². The molecule has 1 aromatic carbocycles. The van der Waals surface area contributed by atoms with Gasteiger partial charge in [0, 0.05) is 45.0 Å². The van der Waals surface area contributed by atoms with Crippen molar-refractivity contribution < 1.29 is 19.2 Å². The first-order valence-electron chi connectivity index (χ1n) is 9.12. The normalized spacial score (nSPS) is 16.3. The molecule has 1 heterocycles. The Bertz CT molecular complexity index is 619. The van der Waals surface area contributed by atoms with E-state index in [0.717, 1.165) is 55.8 Å². The number of hydrogen-bond acceptors (Lipinski definition) is 6. The lowest BCUT2D eigenvalue weighted by atomic mass is 10.1. The van der Waals surface area contributed by atoms with Gasteiger partial charge in [-0.2, -0.15) is 0 Å². The Kier molecular flexibility index (Phi) is 7.66. The molecular formula is C20H28N2O4. The van der Waals surface area contributed by atoms with Gasteiger partial charge in [-0.1, -0.05) is 25.5 Å². The predicted molar refractivity (Wildman–Crippen MR) is 101 cm³/mol. The topological polar surface area (TPSA) is 59.1 Å². The molecule has 0 bridgehead atoms. The van der Waals surface area contributed by atoms with Crippen molar-refractivity contribution in [3.63, 3.8) is 0 Å². The maximum atomic E-state index is 12.0.